The lowest BCUT2D eigenvalue weighted by Crippen LogP contribution is -2.30. The second kappa shape index (κ2) is 10.8. The number of hydrogen-bond donors (Lipinski definition) is 1. The molecule has 2 aromatic carbocycles. The van der Waals surface area contributed by atoms with E-state index in [4.69, 9.17) is 24.1 Å². The fourth-order valence-corrected chi connectivity index (χ4v) is 3.62. The zero-order chi connectivity index (χ0) is 21.3. The van der Waals surface area contributed by atoms with Gasteiger partial charge >= 0.3 is 5.97 Å². The lowest BCUT2D eigenvalue weighted by atomic mass is 9.92. The van der Waals surface area contributed by atoms with Gasteiger partial charge in [0, 0.05) is 12.3 Å². The van der Waals surface area contributed by atoms with Crippen LogP contribution in [0.3, 0.4) is 0 Å². The molecule has 0 amide bonds. The number of carboxylic acids is 1. The minimum absolute atomic E-state index is 0.112. The molecule has 3 rings (SSSR count). The fraction of sp³-hybridized carbons (Fsp3) is 0.375. The lowest BCUT2D eigenvalue weighted by Gasteiger charge is -2.37. The number of para-hydroxylation sites is 1. The van der Waals surface area contributed by atoms with Crippen molar-refractivity contribution in [3.05, 3.63) is 71.8 Å². The quantitative estimate of drug-likeness (QED) is 0.590. The van der Waals surface area contributed by atoms with Gasteiger partial charge in [0.05, 0.1) is 32.5 Å². The van der Waals surface area contributed by atoms with E-state index in [1.165, 1.54) is 0 Å². The Morgan fingerprint density at radius 2 is 1.90 bits per heavy atom. The Morgan fingerprint density at radius 3 is 2.60 bits per heavy atom. The molecule has 6 nitrogen and oxygen atoms in total. The summed E-state index contributed by atoms with van der Waals surface area (Å²) in [5.41, 5.74) is 1.87. The van der Waals surface area contributed by atoms with Crippen LogP contribution in [0.1, 0.15) is 42.8 Å². The van der Waals surface area contributed by atoms with Crippen LogP contribution >= 0.6 is 0 Å². The Labute approximate surface area is 177 Å². The van der Waals surface area contributed by atoms with E-state index in [0.717, 1.165) is 17.5 Å². The van der Waals surface area contributed by atoms with Crippen molar-refractivity contribution in [2.75, 3.05) is 20.8 Å². The zero-order valence-electron chi connectivity index (χ0n) is 17.3. The van der Waals surface area contributed by atoms with Gasteiger partial charge < -0.3 is 24.1 Å². The summed E-state index contributed by atoms with van der Waals surface area (Å²) in [6.07, 6.45) is 4.58. The Bertz CT molecular complexity index is 848. The Balaban J connectivity index is 1.79. The van der Waals surface area contributed by atoms with Gasteiger partial charge in [0.2, 0.25) is 0 Å². The van der Waals surface area contributed by atoms with E-state index in [2.05, 4.69) is 12.1 Å². The zero-order valence-corrected chi connectivity index (χ0v) is 17.3. The molecule has 1 fully saturated rings. The summed E-state index contributed by atoms with van der Waals surface area (Å²) in [5.74, 6) is 0.549. The van der Waals surface area contributed by atoms with Crippen LogP contribution in [-0.4, -0.2) is 31.9 Å². The number of hydrogen-bond acceptors (Lipinski definition) is 5. The molecule has 0 saturated carbocycles. The summed E-state index contributed by atoms with van der Waals surface area (Å²) in [6.45, 7) is 0.508. The van der Waals surface area contributed by atoms with Crippen LogP contribution in [0.2, 0.25) is 0 Å². The van der Waals surface area contributed by atoms with Gasteiger partial charge in [0.15, 0.2) is 17.8 Å². The summed E-state index contributed by atoms with van der Waals surface area (Å²) in [6, 6.07) is 15.7. The van der Waals surface area contributed by atoms with Gasteiger partial charge in [-0.15, -0.1) is 0 Å². The first-order chi connectivity index (χ1) is 14.6. The highest BCUT2D eigenvalue weighted by Crippen LogP contribution is 2.44. The molecule has 1 saturated heterocycles. The largest absolute Gasteiger partial charge is 0.493 e. The third-order valence-electron chi connectivity index (χ3n) is 5.11. The molecule has 0 aliphatic carbocycles. The highest BCUT2D eigenvalue weighted by Gasteiger charge is 2.35. The van der Waals surface area contributed by atoms with Crippen LogP contribution in [-0.2, 0) is 14.3 Å². The van der Waals surface area contributed by atoms with E-state index < -0.39 is 12.3 Å². The minimum Gasteiger partial charge on any atom is -0.493 e. The third-order valence-corrected chi connectivity index (χ3v) is 5.11. The Kier molecular flexibility index (Phi) is 7.88. The smallest absolute Gasteiger partial charge is 0.303 e. The number of ether oxygens (including phenoxy) is 4. The summed E-state index contributed by atoms with van der Waals surface area (Å²) < 4.78 is 23.5. The molecule has 30 heavy (non-hydrogen) atoms. The van der Waals surface area contributed by atoms with E-state index in [9.17, 15) is 4.79 Å². The molecule has 0 spiro atoms. The molecule has 1 heterocycles. The maximum atomic E-state index is 10.7. The van der Waals surface area contributed by atoms with Crippen molar-refractivity contribution in [1.29, 1.82) is 0 Å². The summed E-state index contributed by atoms with van der Waals surface area (Å²) in [4.78, 5) is 10.7. The molecular weight excluding hydrogens is 384 g/mol. The van der Waals surface area contributed by atoms with Gasteiger partial charge in [-0.3, -0.25) is 4.79 Å². The second-order valence-electron chi connectivity index (χ2n) is 7.11. The van der Waals surface area contributed by atoms with Crippen molar-refractivity contribution >= 4 is 5.97 Å². The van der Waals surface area contributed by atoms with Crippen LogP contribution in [0.5, 0.6) is 11.5 Å². The number of rotatable bonds is 9. The van der Waals surface area contributed by atoms with Crippen molar-refractivity contribution in [3.8, 4) is 11.5 Å². The van der Waals surface area contributed by atoms with E-state index in [1.807, 2.05) is 48.6 Å². The van der Waals surface area contributed by atoms with Crippen molar-refractivity contribution in [1.82, 2.24) is 0 Å². The van der Waals surface area contributed by atoms with Gasteiger partial charge in [-0.1, -0.05) is 48.6 Å². The van der Waals surface area contributed by atoms with Gasteiger partial charge in [-0.25, -0.2) is 0 Å². The Morgan fingerprint density at radius 1 is 1.10 bits per heavy atom. The fourth-order valence-electron chi connectivity index (χ4n) is 3.62. The van der Waals surface area contributed by atoms with E-state index in [1.54, 1.807) is 14.2 Å². The normalized spacial score (nSPS) is 21.5. The molecule has 0 bridgehead atoms. The highest BCUT2D eigenvalue weighted by atomic mass is 16.7. The number of carboxylic acid groups (broad SMARTS) is 1. The summed E-state index contributed by atoms with van der Waals surface area (Å²) in [7, 11) is 3.20. The first kappa shape index (κ1) is 21.9. The molecule has 1 N–H and O–H groups in total. The first-order valence-electron chi connectivity index (χ1n) is 10.0. The molecule has 1 aliphatic rings. The molecular formula is C24H28O6. The van der Waals surface area contributed by atoms with Crippen LogP contribution in [0, 0.1) is 5.92 Å². The maximum absolute atomic E-state index is 10.7. The van der Waals surface area contributed by atoms with Crippen LogP contribution in [0.25, 0.3) is 0 Å². The first-order valence-corrected chi connectivity index (χ1v) is 10.0. The van der Waals surface area contributed by atoms with Gasteiger partial charge in [0.25, 0.3) is 0 Å². The topological polar surface area (TPSA) is 74.2 Å². The number of methoxy groups -OCH3 is 2. The van der Waals surface area contributed by atoms with Gasteiger partial charge in [-0.2, -0.15) is 0 Å². The molecule has 0 aromatic heterocycles. The summed E-state index contributed by atoms with van der Waals surface area (Å²) >= 11 is 0. The lowest BCUT2D eigenvalue weighted by molar-refractivity contribution is -0.244. The number of allylic oxidation sites excluding steroid dienone is 2. The van der Waals surface area contributed by atoms with Crippen molar-refractivity contribution < 1.29 is 28.8 Å². The van der Waals surface area contributed by atoms with E-state index >= 15 is 0 Å². The van der Waals surface area contributed by atoms with Crippen molar-refractivity contribution in [2.24, 2.45) is 5.92 Å². The van der Waals surface area contributed by atoms with E-state index in [0.29, 0.717) is 24.5 Å². The third kappa shape index (κ3) is 5.40. The number of aliphatic carboxylic acids is 1. The van der Waals surface area contributed by atoms with Crippen molar-refractivity contribution in [3.63, 3.8) is 0 Å². The van der Waals surface area contributed by atoms with Gasteiger partial charge in [-0.05, 0) is 30.5 Å². The molecule has 1 aliphatic heterocycles. The number of carbonyl (C=O) groups is 1. The minimum atomic E-state index is -0.791. The summed E-state index contributed by atoms with van der Waals surface area (Å²) in [5, 5.41) is 8.78. The molecule has 2 aromatic rings. The highest BCUT2D eigenvalue weighted by molar-refractivity contribution is 5.66. The standard InChI is InChI=1S/C24H28O6/c1-27-20-14-9-13-19(23(20)28-2)24-29-16-18(12-7-4-8-15-21(25)26)22(30-24)17-10-5-3-6-11-17/h3-7,9-11,13-14,18,22,24H,8,12,15-16H2,1-2H3,(H,25,26)/b7-4-. The predicted octanol–water partition coefficient (Wildman–Crippen LogP) is 4.92. The number of benzene rings is 2. The maximum Gasteiger partial charge on any atom is 0.303 e. The molecule has 0 radical (unpaired) electrons. The second-order valence-corrected chi connectivity index (χ2v) is 7.11. The molecule has 3 unspecified atom stereocenters. The molecule has 6 heteroatoms. The average Bonchev–Trinajstić information content (AvgIpc) is 2.78. The Hall–Kier alpha value is -2.83. The van der Waals surface area contributed by atoms with Crippen LogP contribution < -0.4 is 9.47 Å². The monoisotopic (exact) mass is 412 g/mol. The molecule has 160 valence electrons. The van der Waals surface area contributed by atoms with Crippen LogP contribution in [0.4, 0.5) is 0 Å². The van der Waals surface area contributed by atoms with Crippen molar-refractivity contribution in [2.45, 2.75) is 31.7 Å². The molecule has 3 atom stereocenters. The van der Waals surface area contributed by atoms with E-state index in [-0.39, 0.29) is 18.4 Å². The van der Waals surface area contributed by atoms with Gasteiger partial charge in [0.1, 0.15) is 0 Å². The van der Waals surface area contributed by atoms with Crippen LogP contribution in [0.15, 0.2) is 60.7 Å². The predicted molar refractivity (Wildman–Crippen MR) is 113 cm³/mol. The average molecular weight is 412 g/mol. The SMILES string of the molecule is COc1cccc(C2OCC(C/C=C\CCC(=O)O)C(c3ccccc3)O2)c1OC.